The van der Waals surface area contributed by atoms with Crippen molar-refractivity contribution in [1.29, 1.82) is 0 Å². The first-order chi connectivity index (χ1) is 15.5. The molecule has 1 aliphatic heterocycles. The van der Waals surface area contributed by atoms with Crippen LogP contribution in [0.1, 0.15) is 25.8 Å². The Morgan fingerprint density at radius 2 is 2.03 bits per heavy atom. The molecule has 1 aliphatic rings. The molecular formula is C24H37N7O. The zero-order chi connectivity index (χ0) is 22.9. The minimum absolute atomic E-state index is 0.00430. The van der Waals surface area contributed by atoms with E-state index in [1.165, 1.54) is 5.69 Å². The summed E-state index contributed by atoms with van der Waals surface area (Å²) in [5.74, 6) is 1.38. The number of nitrogens with one attached hydrogen (secondary N) is 1. The van der Waals surface area contributed by atoms with Crippen molar-refractivity contribution in [3.05, 3.63) is 49.1 Å². The highest BCUT2D eigenvalue weighted by Gasteiger charge is 2.29. The molecule has 1 aromatic carbocycles. The van der Waals surface area contributed by atoms with E-state index in [0.29, 0.717) is 12.0 Å². The molecule has 8 heteroatoms. The predicted octanol–water partition coefficient (Wildman–Crippen LogP) is 2.33. The maximum Gasteiger partial charge on any atom is 0.243 e. The van der Waals surface area contributed by atoms with Crippen molar-refractivity contribution < 1.29 is 4.79 Å². The van der Waals surface area contributed by atoms with Gasteiger partial charge in [-0.25, -0.2) is 9.98 Å². The number of amides is 1. The Labute approximate surface area is 191 Å². The van der Waals surface area contributed by atoms with Crippen LogP contribution in [-0.4, -0.2) is 85.1 Å². The minimum Gasteiger partial charge on any atom is -0.375 e. The third-order valence-electron chi connectivity index (χ3n) is 6.14. The van der Waals surface area contributed by atoms with Gasteiger partial charge in [-0.3, -0.25) is 4.79 Å². The number of likely N-dealkylation sites (N-methyl/N-ethyl adjacent to an activating group) is 1. The Morgan fingerprint density at radius 1 is 1.25 bits per heavy atom. The Hall–Kier alpha value is -3.03. The molecule has 3 rings (SSSR count). The highest BCUT2D eigenvalue weighted by molar-refractivity contribution is 5.85. The molecule has 1 saturated heterocycles. The molecule has 1 N–H and O–H groups in total. The summed E-state index contributed by atoms with van der Waals surface area (Å²) in [6.45, 7) is 5.97. The fourth-order valence-corrected chi connectivity index (χ4v) is 3.97. The summed E-state index contributed by atoms with van der Waals surface area (Å²) >= 11 is 0. The highest BCUT2D eigenvalue weighted by atomic mass is 16.2. The van der Waals surface area contributed by atoms with Gasteiger partial charge in [-0.15, -0.1) is 0 Å². The van der Waals surface area contributed by atoms with Crippen molar-refractivity contribution >= 4 is 17.6 Å². The Balaban J connectivity index is 1.61. The van der Waals surface area contributed by atoms with Gasteiger partial charge in [-0.05, 0) is 30.9 Å². The summed E-state index contributed by atoms with van der Waals surface area (Å²) in [7, 11) is 5.64. The summed E-state index contributed by atoms with van der Waals surface area (Å²) in [5, 5.41) is 3.52. The lowest BCUT2D eigenvalue weighted by molar-refractivity contribution is -0.127. The zero-order valence-electron chi connectivity index (χ0n) is 19.8. The number of rotatable bonds is 8. The molecule has 8 nitrogen and oxygen atoms in total. The standard InChI is InChI=1S/C24H37N7O/c1-20-11-15-30(18-22(20)31-16-13-25-19-31)24(27-17-23(32)28(2)3)26-12-8-14-29(4)21-9-6-5-7-10-21/h5-7,9-10,13,16,19-20,22H,8,11-12,14-15,17-18H2,1-4H3,(H,26,27). The van der Waals surface area contributed by atoms with Crippen molar-refractivity contribution in [2.75, 3.05) is 58.8 Å². The second kappa shape index (κ2) is 11.5. The number of carbonyl (C=O) groups is 1. The van der Waals surface area contributed by atoms with Gasteiger partial charge in [0.2, 0.25) is 5.91 Å². The summed E-state index contributed by atoms with van der Waals surface area (Å²) in [6, 6.07) is 10.7. The molecule has 1 aromatic heterocycles. The van der Waals surface area contributed by atoms with Gasteiger partial charge in [-0.2, -0.15) is 0 Å². The summed E-state index contributed by atoms with van der Waals surface area (Å²) in [5.41, 5.74) is 1.21. The van der Waals surface area contributed by atoms with Crippen LogP contribution in [0.25, 0.3) is 0 Å². The van der Waals surface area contributed by atoms with E-state index < -0.39 is 0 Å². The monoisotopic (exact) mass is 439 g/mol. The summed E-state index contributed by atoms with van der Waals surface area (Å²) < 4.78 is 2.19. The number of nitrogens with zero attached hydrogens (tertiary/aromatic N) is 6. The molecule has 2 atom stereocenters. The quantitative estimate of drug-likeness (QED) is 0.388. The van der Waals surface area contributed by atoms with Gasteiger partial charge in [0.15, 0.2) is 5.96 Å². The average molecular weight is 440 g/mol. The molecule has 2 heterocycles. The number of anilines is 1. The van der Waals surface area contributed by atoms with Gasteiger partial charge in [0, 0.05) is 65.4 Å². The third-order valence-corrected chi connectivity index (χ3v) is 6.14. The number of guanidine groups is 1. The van der Waals surface area contributed by atoms with Crippen LogP contribution < -0.4 is 10.2 Å². The highest BCUT2D eigenvalue weighted by Crippen LogP contribution is 2.27. The van der Waals surface area contributed by atoms with E-state index in [2.05, 4.69) is 67.9 Å². The van der Waals surface area contributed by atoms with Crippen LogP contribution in [0.4, 0.5) is 5.69 Å². The molecule has 1 fully saturated rings. The SMILES string of the molecule is CC1CCN(C(=NCC(=O)N(C)C)NCCCN(C)c2ccccc2)CC1n1ccnc1. The van der Waals surface area contributed by atoms with Crippen molar-refractivity contribution in [3.63, 3.8) is 0 Å². The minimum atomic E-state index is 0.00430. The number of piperidine rings is 1. The van der Waals surface area contributed by atoms with Crippen molar-refractivity contribution in [1.82, 2.24) is 24.7 Å². The number of imidazole rings is 1. The maximum absolute atomic E-state index is 12.2. The molecule has 0 aliphatic carbocycles. The molecular weight excluding hydrogens is 402 g/mol. The van der Waals surface area contributed by atoms with E-state index in [-0.39, 0.29) is 12.5 Å². The fraction of sp³-hybridized carbons (Fsp3) is 0.542. The Bertz CT molecular complexity index is 850. The van der Waals surface area contributed by atoms with E-state index in [4.69, 9.17) is 0 Å². The number of likely N-dealkylation sites (tertiary alicyclic amines) is 1. The largest absolute Gasteiger partial charge is 0.375 e. The van der Waals surface area contributed by atoms with Gasteiger partial charge >= 0.3 is 0 Å². The van der Waals surface area contributed by atoms with E-state index in [0.717, 1.165) is 45.0 Å². The Morgan fingerprint density at radius 3 is 2.72 bits per heavy atom. The van der Waals surface area contributed by atoms with Crippen LogP contribution in [0.3, 0.4) is 0 Å². The van der Waals surface area contributed by atoms with E-state index in [1.54, 1.807) is 19.0 Å². The fourth-order valence-electron chi connectivity index (χ4n) is 3.97. The first-order valence-corrected chi connectivity index (χ1v) is 11.4. The van der Waals surface area contributed by atoms with Gasteiger partial charge in [0.25, 0.3) is 0 Å². The van der Waals surface area contributed by atoms with Crippen LogP contribution >= 0.6 is 0 Å². The lowest BCUT2D eigenvalue weighted by Crippen LogP contribution is -2.49. The van der Waals surface area contributed by atoms with Crippen LogP contribution in [0.2, 0.25) is 0 Å². The second-order valence-electron chi connectivity index (χ2n) is 8.75. The number of carbonyl (C=O) groups excluding carboxylic acids is 1. The number of hydrogen-bond acceptors (Lipinski definition) is 4. The van der Waals surface area contributed by atoms with E-state index in [1.807, 2.05) is 24.8 Å². The van der Waals surface area contributed by atoms with Crippen LogP contribution in [0.5, 0.6) is 0 Å². The van der Waals surface area contributed by atoms with Crippen molar-refractivity contribution in [3.8, 4) is 0 Å². The lowest BCUT2D eigenvalue weighted by Gasteiger charge is -2.39. The lowest BCUT2D eigenvalue weighted by atomic mass is 9.93. The van der Waals surface area contributed by atoms with Crippen LogP contribution in [-0.2, 0) is 4.79 Å². The van der Waals surface area contributed by atoms with E-state index >= 15 is 0 Å². The molecule has 0 bridgehead atoms. The number of aromatic nitrogens is 2. The van der Waals surface area contributed by atoms with Gasteiger partial charge in [0.1, 0.15) is 6.54 Å². The topological polar surface area (TPSA) is 69.0 Å². The molecule has 1 amide bonds. The molecule has 32 heavy (non-hydrogen) atoms. The van der Waals surface area contributed by atoms with Crippen molar-refractivity contribution in [2.45, 2.75) is 25.8 Å². The second-order valence-corrected chi connectivity index (χ2v) is 8.75. The molecule has 0 saturated carbocycles. The number of benzene rings is 1. The molecule has 2 aromatic rings. The first-order valence-electron chi connectivity index (χ1n) is 11.4. The number of hydrogen-bond donors (Lipinski definition) is 1. The van der Waals surface area contributed by atoms with Crippen molar-refractivity contribution in [2.24, 2.45) is 10.9 Å². The third kappa shape index (κ3) is 6.48. The molecule has 174 valence electrons. The van der Waals surface area contributed by atoms with Crippen LogP contribution in [0, 0.1) is 5.92 Å². The van der Waals surface area contributed by atoms with Gasteiger partial charge in [-0.1, -0.05) is 25.1 Å². The van der Waals surface area contributed by atoms with Crippen LogP contribution in [0.15, 0.2) is 54.0 Å². The zero-order valence-corrected chi connectivity index (χ0v) is 19.8. The average Bonchev–Trinajstić information content (AvgIpc) is 3.34. The van der Waals surface area contributed by atoms with Gasteiger partial charge in [0.05, 0.1) is 12.4 Å². The number of para-hydroxylation sites is 1. The molecule has 2 unspecified atom stereocenters. The molecule has 0 spiro atoms. The van der Waals surface area contributed by atoms with Gasteiger partial charge < -0.3 is 24.6 Å². The number of aliphatic imine (C=N–C) groups is 1. The first kappa shape index (κ1) is 23.6. The summed E-state index contributed by atoms with van der Waals surface area (Å²) in [4.78, 5) is 27.2. The van der Waals surface area contributed by atoms with E-state index in [9.17, 15) is 4.79 Å². The smallest absolute Gasteiger partial charge is 0.243 e. The Kier molecular flexibility index (Phi) is 8.53. The summed E-state index contributed by atoms with van der Waals surface area (Å²) in [6.07, 6.45) is 7.80. The normalized spacial score (nSPS) is 19.0. The maximum atomic E-state index is 12.2. The molecule has 0 radical (unpaired) electrons. The predicted molar refractivity (Wildman–Crippen MR) is 130 cm³/mol.